The van der Waals surface area contributed by atoms with Crippen LogP contribution >= 0.6 is 34.8 Å². The van der Waals surface area contributed by atoms with E-state index in [1.54, 1.807) is 31.2 Å². The Morgan fingerprint density at radius 1 is 1.28 bits per heavy atom. The van der Waals surface area contributed by atoms with Crippen LogP contribution in [0.25, 0.3) is 0 Å². The lowest BCUT2D eigenvalue weighted by molar-refractivity contribution is -0.140. The first-order chi connectivity index (χ1) is 11.8. The van der Waals surface area contributed by atoms with Crippen molar-refractivity contribution in [1.29, 1.82) is 0 Å². The molecular formula is C17H14Cl3NO4. The number of nitrogens with zero attached hydrogens (tertiary/aromatic N) is 1. The van der Waals surface area contributed by atoms with Crippen LogP contribution < -0.4 is 0 Å². The summed E-state index contributed by atoms with van der Waals surface area (Å²) in [5, 5.41) is 10.0. The number of benzene rings is 1. The number of aliphatic carboxylic acids is 1. The molecule has 1 aliphatic rings. The predicted molar refractivity (Wildman–Crippen MR) is 97.3 cm³/mol. The van der Waals surface area contributed by atoms with Crippen LogP contribution in [0.3, 0.4) is 0 Å². The number of hydrogen-bond acceptors (Lipinski definition) is 4. The van der Waals surface area contributed by atoms with Crippen molar-refractivity contribution in [2.75, 3.05) is 7.11 Å². The van der Waals surface area contributed by atoms with E-state index in [-0.39, 0.29) is 15.8 Å². The molecule has 0 aliphatic carbocycles. The number of hydrogen-bond donors (Lipinski definition) is 1. The van der Waals surface area contributed by atoms with Crippen molar-refractivity contribution in [3.05, 3.63) is 56.7 Å². The van der Waals surface area contributed by atoms with E-state index in [2.05, 4.69) is 4.99 Å². The number of carboxylic acid groups (broad SMARTS) is 1. The van der Waals surface area contributed by atoms with Gasteiger partial charge in [-0.05, 0) is 24.6 Å². The molecule has 0 spiro atoms. The first kappa shape index (κ1) is 19.5. The normalized spacial score (nSPS) is 20.0. The van der Waals surface area contributed by atoms with Crippen LogP contribution in [0.2, 0.25) is 5.02 Å². The number of carboxylic acids is 1. The summed E-state index contributed by atoms with van der Waals surface area (Å²) >= 11 is 17.7. The smallest absolute Gasteiger partial charge is 0.336 e. The van der Waals surface area contributed by atoms with Gasteiger partial charge >= 0.3 is 11.9 Å². The highest BCUT2D eigenvalue weighted by atomic mass is 35.5. The Morgan fingerprint density at radius 3 is 2.44 bits per heavy atom. The maximum absolute atomic E-state index is 12.4. The standard InChI is InChI=1S/C17H14Cl3NO4/c1-8-13(16(22)23)14(9-5-3-4-6-10(9)18)15(17(24)25-2)11(21-8)7-12(19)20/h3-7,13-14H,1-2H3,(H,22,23). The average Bonchev–Trinajstić information content (AvgIpc) is 2.53. The molecule has 132 valence electrons. The van der Waals surface area contributed by atoms with Crippen molar-refractivity contribution in [2.24, 2.45) is 10.9 Å². The molecule has 0 fully saturated rings. The molecule has 1 heterocycles. The van der Waals surface area contributed by atoms with Crippen molar-refractivity contribution in [1.82, 2.24) is 0 Å². The second-order valence-electron chi connectivity index (χ2n) is 5.29. The van der Waals surface area contributed by atoms with Crippen molar-refractivity contribution in [3.8, 4) is 0 Å². The SMILES string of the molecule is COC(=O)C1=C(C=C(Cl)Cl)N=C(C)C(C(=O)O)C1c1ccccc1Cl. The summed E-state index contributed by atoms with van der Waals surface area (Å²) in [5.41, 5.74) is 0.952. The van der Waals surface area contributed by atoms with Gasteiger partial charge in [0.1, 0.15) is 10.4 Å². The summed E-state index contributed by atoms with van der Waals surface area (Å²) < 4.78 is 4.71. The third-order valence-electron chi connectivity index (χ3n) is 3.82. The summed E-state index contributed by atoms with van der Waals surface area (Å²) in [5.74, 6) is -3.84. The molecule has 0 aromatic heterocycles. The molecule has 0 saturated carbocycles. The molecule has 0 amide bonds. The Balaban J connectivity index is 2.83. The Hall–Kier alpha value is -1.82. The molecule has 2 atom stereocenters. The Bertz CT molecular complexity index is 810. The van der Waals surface area contributed by atoms with Crippen molar-refractivity contribution >= 4 is 52.5 Å². The monoisotopic (exact) mass is 401 g/mol. The Kier molecular flexibility index (Phi) is 6.27. The fraction of sp³-hybridized carbons (Fsp3) is 0.235. The van der Waals surface area contributed by atoms with Crippen LogP contribution in [0.1, 0.15) is 18.4 Å². The van der Waals surface area contributed by atoms with Gasteiger partial charge in [-0.15, -0.1) is 0 Å². The quantitative estimate of drug-likeness (QED) is 0.760. The number of allylic oxidation sites excluding steroid dienone is 1. The molecule has 1 aliphatic heterocycles. The molecule has 8 heteroatoms. The van der Waals surface area contributed by atoms with Gasteiger partial charge in [-0.3, -0.25) is 9.79 Å². The minimum atomic E-state index is -1.13. The topological polar surface area (TPSA) is 76.0 Å². The highest BCUT2D eigenvalue weighted by molar-refractivity contribution is 6.56. The zero-order chi connectivity index (χ0) is 18.7. The minimum absolute atomic E-state index is 0.0346. The van der Waals surface area contributed by atoms with Crippen LogP contribution in [0.5, 0.6) is 0 Å². The van der Waals surface area contributed by atoms with E-state index in [0.717, 1.165) is 0 Å². The van der Waals surface area contributed by atoms with Gasteiger partial charge in [0.15, 0.2) is 0 Å². The van der Waals surface area contributed by atoms with Gasteiger partial charge in [-0.25, -0.2) is 4.79 Å². The van der Waals surface area contributed by atoms with Gasteiger partial charge < -0.3 is 9.84 Å². The summed E-state index contributed by atoms with van der Waals surface area (Å²) in [6, 6.07) is 6.70. The van der Waals surface area contributed by atoms with Gasteiger partial charge in [0.2, 0.25) is 0 Å². The predicted octanol–water partition coefficient (Wildman–Crippen LogP) is 4.35. The maximum atomic E-state index is 12.4. The van der Waals surface area contributed by atoms with E-state index in [1.807, 2.05) is 0 Å². The molecule has 2 rings (SSSR count). The molecule has 0 radical (unpaired) electrons. The Labute approximate surface area is 159 Å². The van der Waals surface area contributed by atoms with Crippen molar-refractivity contribution < 1.29 is 19.4 Å². The van der Waals surface area contributed by atoms with E-state index in [1.165, 1.54) is 13.2 Å². The molecule has 25 heavy (non-hydrogen) atoms. The largest absolute Gasteiger partial charge is 0.481 e. The van der Waals surface area contributed by atoms with Gasteiger partial charge in [-0.1, -0.05) is 53.0 Å². The van der Waals surface area contributed by atoms with Gasteiger partial charge in [0.25, 0.3) is 0 Å². The number of methoxy groups -OCH3 is 1. The first-order valence-electron chi connectivity index (χ1n) is 7.15. The van der Waals surface area contributed by atoms with E-state index in [0.29, 0.717) is 16.3 Å². The third kappa shape index (κ3) is 4.06. The highest BCUT2D eigenvalue weighted by Crippen LogP contribution is 2.42. The number of aliphatic imine (C=N–C) groups is 1. The second kappa shape index (κ2) is 8.04. The highest BCUT2D eigenvalue weighted by Gasteiger charge is 2.42. The molecule has 1 aromatic carbocycles. The van der Waals surface area contributed by atoms with E-state index >= 15 is 0 Å². The lowest BCUT2D eigenvalue weighted by atomic mass is 9.75. The van der Waals surface area contributed by atoms with E-state index in [4.69, 9.17) is 39.5 Å². The minimum Gasteiger partial charge on any atom is -0.481 e. The van der Waals surface area contributed by atoms with Crippen LogP contribution in [0.15, 0.2) is 51.1 Å². The Morgan fingerprint density at radius 2 is 1.92 bits per heavy atom. The molecule has 2 unspecified atom stereocenters. The van der Waals surface area contributed by atoms with Crippen LogP contribution in [0, 0.1) is 5.92 Å². The number of carbonyl (C=O) groups excluding carboxylic acids is 1. The zero-order valence-electron chi connectivity index (χ0n) is 13.3. The summed E-state index contributed by atoms with van der Waals surface area (Å²) in [7, 11) is 1.20. The maximum Gasteiger partial charge on any atom is 0.336 e. The lowest BCUT2D eigenvalue weighted by Crippen LogP contribution is -2.35. The second-order valence-corrected chi connectivity index (χ2v) is 6.71. The summed E-state index contributed by atoms with van der Waals surface area (Å²) in [6.45, 7) is 1.56. The fourth-order valence-corrected chi connectivity index (χ4v) is 3.29. The first-order valence-corrected chi connectivity index (χ1v) is 8.29. The van der Waals surface area contributed by atoms with Crippen LogP contribution in [-0.4, -0.2) is 29.9 Å². The molecule has 0 bridgehead atoms. The average molecular weight is 403 g/mol. The van der Waals surface area contributed by atoms with Crippen LogP contribution in [0.4, 0.5) is 0 Å². The van der Waals surface area contributed by atoms with Gasteiger partial charge in [-0.2, -0.15) is 0 Å². The summed E-state index contributed by atoms with van der Waals surface area (Å²) in [4.78, 5) is 28.5. The number of rotatable bonds is 4. The van der Waals surface area contributed by atoms with Gasteiger partial charge in [0.05, 0.1) is 18.4 Å². The van der Waals surface area contributed by atoms with E-state index in [9.17, 15) is 14.7 Å². The fourth-order valence-electron chi connectivity index (χ4n) is 2.83. The lowest BCUT2D eigenvalue weighted by Gasteiger charge is -2.30. The third-order valence-corrected chi connectivity index (χ3v) is 4.39. The summed E-state index contributed by atoms with van der Waals surface area (Å²) in [6.07, 6.45) is 1.28. The number of halogens is 3. The molecule has 5 nitrogen and oxygen atoms in total. The molecule has 0 saturated heterocycles. The molecular weight excluding hydrogens is 389 g/mol. The van der Waals surface area contributed by atoms with Crippen molar-refractivity contribution in [2.45, 2.75) is 12.8 Å². The zero-order valence-corrected chi connectivity index (χ0v) is 15.6. The number of carbonyl (C=O) groups is 2. The van der Waals surface area contributed by atoms with E-state index < -0.39 is 23.8 Å². The molecule has 1 aromatic rings. The van der Waals surface area contributed by atoms with Crippen LogP contribution in [-0.2, 0) is 14.3 Å². The number of ether oxygens (including phenoxy) is 1. The van der Waals surface area contributed by atoms with Gasteiger partial charge in [0, 0.05) is 16.7 Å². The number of esters is 1. The molecule has 1 N–H and O–H groups in total. The van der Waals surface area contributed by atoms with Crippen molar-refractivity contribution in [3.63, 3.8) is 0 Å².